The van der Waals surface area contributed by atoms with Crippen LogP contribution in [0.1, 0.15) is 12.5 Å². The fourth-order valence-electron chi connectivity index (χ4n) is 2.45. The maximum atomic E-state index is 11.5. The van der Waals surface area contributed by atoms with Crippen molar-refractivity contribution in [2.24, 2.45) is 7.05 Å². The van der Waals surface area contributed by atoms with Crippen LogP contribution in [0.4, 0.5) is 0 Å². The van der Waals surface area contributed by atoms with E-state index in [1.54, 1.807) is 17.7 Å². The molecule has 2 heterocycles. The van der Waals surface area contributed by atoms with Gasteiger partial charge in [0.15, 0.2) is 0 Å². The molecule has 4 nitrogen and oxygen atoms in total. The van der Waals surface area contributed by atoms with Gasteiger partial charge in [-0.15, -0.1) is 0 Å². The van der Waals surface area contributed by atoms with Crippen LogP contribution in [0.15, 0.2) is 23.2 Å². The maximum Gasteiger partial charge on any atom is 0.263 e. The zero-order chi connectivity index (χ0) is 13.1. The van der Waals surface area contributed by atoms with Gasteiger partial charge in [0.25, 0.3) is 9.05 Å². The van der Waals surface area contributed by atoms with Crippen molar-refractivity contribution in [1.29, 1.82) is 0 Å². The summed E-state index contributed by atoms with van der Waals surface area (Å²) in [5.74, 6) is 0.753. The molecule has 1 aromatic heterocycles. The summed E-state index contributed by atoms with van der Waals surface area (Å²) < 4.78 is 30.5. The molecule has 0 spiro atoms. The number of ether oxygens (including phenoxy) is 1. The fourth-order valence-corrected chi connectivity index (χ4v) is 3.53. The lowest BCUT2D eigenvalue weighted by molar-refractivity contribution is 0.255. The molecule has 0 amide bonds. The van der Waals surface area contributed by atoms with E-state index < -0.39 is 9.05 Å². The highest BCUT2D eigenvalue weighted by Crippen LogP contribution is 2.36. The van der Waals surface area contributed by atoms with E-state index >= 15 is 0 Å². The van der Waals surface area contributed by atoms with Gasteiger partial charge in [-0.25, -0.2) is 8.42 Å². The van der Waals surface area contributed by atoms with Crippen LogP contribution in [0.2, 0.25) is 0 Å². The topological polar surface area (TPSA) is 48.3 Å². The van der Waals surface area contributed by atoms with Gasteiger partial charge in [0.05, 0.1) is 0 Å². The summed E-state index contributed by atoms with van der Waals surface area (Å²) in [6.07, 6.45) is 2.51. The minimum absolute atomic E-state index is 0.132. The number of aromatic nitrogens is 1. The summed E-state index contributed by atoms with van der Waals surface area (Å²) in [6.45, 7) is 1.99. The monoisotopic (exact) mass is 285 g/mol. The molecule has 0 saturated carbocycles. The van der Waals surface area contributed by atoms with Gasteiger partial charge in [0.1, 0.15) is 16.7 Å². The Balaban J connectivity index is 2.35. The Bertz CT molecular complexity index is 748. The summed E-state index contributed by atoms with van der Waals surface area (Å²) in [7, 11) is 3.51. The lowest BCUT2D eigenvalue weighted by atomic mass is 10.1. The molecule has 1 aliphatic heterocycles. The van der Waals surface area contributed by atoms with E-state index in [0.29, 0.717) is 5.39 Å². The Morgan fingerprint density at radius 3 is 2.83 bits per heavy atom. The second kappa shape index (κ2) is 3.65. The third-order valence-electron chi connectivity index (χ3n) is 3.23. The minimum atomic E-state index is -3.74. The highest BCUT2D eigenvalue weighted by atomic mass is 35.7. The van der Waals surface area contributed by atoms with Crippen molar-refractivity contribution in [1.82, 2.24) is 4.57 Å². The molecule has 1 atom stereocenters. The van der Waals surface area contributed by atoms with Crippen molar-refractivity contribution in [3.05, 3.63) is 23.9 Å². The van der Waals surface area contributed by atoms with Crippen LogP contribution in [-0.4, -0.2) is 19.1 Å². The highest BCUT2D eigenvalue weighted by molar-refractivity contribution is 8.14. The molecular formula is C12H12ClNO3S. The van der Waals surface area contributed by atoms with E-state index in [2.05, 4.69) is 0 Å². The molecule has 2 aromatic rings. The second-order valence-electron chi connectivity index (χ2n) is 4.65. The Labute approximate surface area is 110 Å². The van der Waals surface area contributed by atoms with E-state index in [1.165, 1.54) is 6.20 Å². The fraction of sp³-hybridized carbons (Fsp3) is 0.333. The van der Waals surface area contributed by atoms with Crippen molar-refractivity contribution in [2.75, 3.05) is 0 Å². The summed E-state index contributed by atoms with van der Waals surface area (Å²) in [4.78, 5) is 0.132. The first-order valence-corrected chi connectivity index (χ1v) is 7.90. The number of rotatable bonds is 1. The smallest absolute Gasteiger partial charge is 0.263 e. The summed E-state index contributed by atoms with van der Waals surface area (Å²) in [5, 5.41) is 0.611. The molecule has 96 valence electrons. The SMILES string of the molecule is CC1Cc2cc3c(cc2O1)c(S(=O)(=O)Cl)cn3C. The van der Waals surface area contributed by atoms with Crippen LogP contribution in [0.3, 0.4) is 0 Å². The first kappa shape index (κ1) is 11.9. The first-order valence-electron chi connectivity index (χ1n) is 5.59. The largest absolute Gasteiger partial charge is 0.490 e. The predicted octanol–water partition coefficient (Wildman–Crippen LogP) is 2.43. The van der Waals surface area contributed by atoms with Crippen molar-refractivity contribution in [2.45, 2.75) is 24.3 Å². The van der Waals surface area contributed by atoms with Gasteiger partial charge in [-0.3, -0.25) is 0 Å². The number of halogens is 1. The van der Waals surface area contributed by atoms with Gasteiger partial charge in [-0.05, 0) is 24.6 Å². The summed E-state index contributed by atoms with van der Waals surface area (Å²) in [6, 6.07) is 3.74. The lowest BCUT2D eigenvalue weighted by Crippen LogP contribution is -2.05. The van der Waals surface area contributed by atoms with Crippen LogP contribution in [0.25, 0.3) is 10.9 Å². The van der Waals surface area contributed by atoms with E-state index in [1.807, 2.05) is 13.0 Å². The standard InChI is InChI=1S/C12H12ClNO3S/c1-7-3-8-4-10-9(5-11(8)17-7)12(6-14(10)2)18(13,15)16/h4-7H,3H2,1-2H3. The maximum absolute atomic E-state index is 11.5. The molecule has 0 bridgehead atoms. The van der Waals surface area contributed by atoms with Crippen LogP contribution in [-0.2, 0) is 22.5 Å². The van der Waals surface area contributed by atoms with Gasteiger partial charge < -0.3 is 9.30 Å². The Morgan fingerprint density at radius 2 is 2.17 bits per heavy atom. The van der Waals surface area contributed by atoms with E-state index in [0.717, 1.165) is 23.3 Å². The van der Waals surface area contributed by atoms with Gasteiger partial charge in [0, 0.05) is 41.3 Å². The zero-order valence-electron chi connectivity index (χ0n) is 9.97. The van der Waals surface area contributed by atoms with Crippen LogP contribution in [0.5, 0.6) is 5.75 Å². The van der Waals surface area contributed by atoms with Crippen molar-refractivity contribution in [3.63, 3.8) is 0 Å². The lowest BCUT2D eigenvalue weighted by Gasteiger charge is -2.03. The first-order chi connectivity index (χ1) is 8.36. The van der Waals surface area contributed by atoms with E-state index in [4.69, 9.17) is 15.4 Å². The quantitative estimate of drug-likeness (QED) is 0.756. The number of nitrogens with zero attached hydrogens (tertiary/aromatic N) is 1. The third-order valence-corrected chi connectivity index (χ3v) is 4.58. The number of fused-ring (bicyclic) bond motifs is 2. The van der Waals surface area contributed by atoms with Gasteiger partial charge in [-0.2, -0.15) is 0 Å². The molecule has 0 fully saturated rings. The predicted molar refractivity (Wildman–Crippen MR) is 69.8 cm³/mol. The molecule has 18 heavy (non-hydrogen) atoms. The average molecular weight is 286 g/mol. The van der Waals surface area contributed by atoms with Gasteiger partial charge >= 0.3 is 0 Å². The van der Waals surface area contributed by atoms with E-state index in [9.17, 15) is 8.42 Å². The molecule has 0 radical (unpaired) electrons. The molecule has 1 aliphatic rings. The molecule has 0 aliphatic carbocycles. The van der Waals surface area contributed by atoms with Crippen molar-refractivity contribution in [3.8, 4) is 5.75 Å². The zero-order valence-corrected chi connectivity index (χ0v) is 11.5. The van der Waals surface area contributed by atoms with Crippen molar-refractivity contribution < 1.29 is 13.2 Å². The third kappa shape index (κ3) is 1.69. The second-order valence-corrected chi connectivity index (χ2v) is 7.19. The summed E-state index contributed by atoms with van der Waals surface area (Å²) >= 11 is 0. The number of hydrogen-bond donors (Lipinski definition) is 0. The molecule has 1 unspecified atom stereocenters. The Kier molecular flexibility index (Phi) is 2.40. The van der Waals surface area contributed by atoms with Gasteiger partial charge in [-0.1, -0.05) is 0 Å². The minimum Gasteiger partial charge on any atom is -0.490 e. The molecular weight excluding hydrogens is 274 g/mol. The number of hydrogen-bond acceptors (Lipinski definition) is 3. The number of benzene rings is 1. The van der Waals surface area contributed by atoms with Gasteiger partial charge in [0.2, 0.25) is 0 Å². The average Bonchev–Trinajstić information content (AvgIpc) is 2.75. The molecule has 3 rings (SSSR count). The molecule has 6 heteroatoms. The molecule has 0 N–H and O–H groups in total. The summed E-state index contributed by atoms with van der Waals surface area (Å²) in [5.41, 5.74) is 1.96. The van der Waals surface area contributed by atoms with Crippen LogP contribution in [0, 0.1) is 0 Å². The van der Waals surface area contributed by atoms with Crippen molar-refractivity contribution >= 4 is 30.6 Å². The van der Waals surface area contributed by atoms with E-state index in [-0.39, 0.29) is 11.0 Å². The molecule has 1 aromatic carbocycles. The number of aryl methyl sites for hydroxylation is 1. The normalized spacial score (nSPS) is 18.9. The molecule has 0 saturated heterocycles. The highest BCUT2D eigenvalue weighted by Gasteiger charge is 2.24. The Morgan fingerprint density at radius 1 is 1.44 bits per heavy atom. The van der Waals surface area contributed by atoms with Crippen LogP contribution >= 0.6 is 10.7 Å². The van der Waals surface area contributed by atoms with Crippen LogP contribution < -0.4 is 4.74 Å². The Hall–Kier alpha value is -1.20.